The first-order valence-electron chi connectivity index (χ1n) is 6.23. The molecule has 0 radical (unpaired) electrons. The van der Waals surface area contributed by atoms with Crippen molar-refractivity contribution in [1.82, 2.24) is 10.4 Å². The summed E-state index contributed by atoms with van der Waals surface area (Å²) in [6, 6.07) is 13.2. The Morgan fingerprint density at radius 1 is 1.15 bits per heavy atom. The van der Waals surface area contributed by atoms with Crippen LogP contribution in [-0.2, 0) is 0 Å². The van der Waals surface area contributed by atoms with Crippen LogP contribution in [0.1, 0.15) is 22.8 Å². The van der Waals surface area contributed by atoms with Gasteiger partial charge < -0.3 is 0 Å². The molecule has 0 unspecified atom stereocenters. The molecule has 1 amide bonds. The van der Waals surface area contributed by atoms with Crippen LogP contribution in [0.5, 0.6) is 0 Å². The van der Waals surface area contributed by atoms with E-state index in [1.807, 2.05) is 49.4 Å². The summed E-state index contributed by atoms with van der Waals surface area (Å²) in [6.45, 7) is 1.83. The lowest BCUT2D eigenvalue weighted by Crippen LogP contribution is -2.18. The van der Waals surface area contributed by atoms with Gasteiger partial charge in [0, 0.05) is 18.0 Å². The zero-order chi connectivity index (χ0) is 14.2. The van der Waals surface area contributed by atoms with Crippen molar-refractivity contribution in [3.05, 3.63) is 72.1 Å². The number of nitrogens with one attached hydrogen (secondary N) is 1. The third-order valence-corrected chi connectivity index (χ3v) is 2.59. The van der Waals surface area contributed by atoms with Gasteiger partial charge >= 0.3 is 0 Å². The van der Waals surface area contributed by atoms with E-state index < -0.39 is 0 Å². The average Bonchev–Trinajstić information content (AvgIpc) is 2.52. The van der Waals surface area contributed by atoms with E-state index >= 15 is 0 Å². The summed E-state index contributed by atoms with van der Waals surface area (Å²) in [6.07, 6.45) is 6.93. The van der Waals surface area contributed by atoms with E-state index in [1.165, 1.54) is 0 Å². The maximum atomic E-state index is 11.8. The summed E-state index contributed by atoms with van der Waals surface area (Å²) in [4.78, 5) is 15.6. The zero-order valence-electron chi connectivity index (χ0n) is 11.2. The summed E-state index contributed by atoms with van der Waals surface area (Å²) in [5.74, 6) is -0.250. The van der Waals surface area contributed by atoms with E-state index in [2.05, 4.69) is 15.5 Å². The Hall–Kier alpha value is -2.75. The van der Waals surface area contributed by atoms with Crippen molar-refractivity contribution in [2.24, 2.45) is 5.10 Å². The number of carbonyl (C=O) groups excluding carboxylic acids is 1. The fraction of sp³-hybridized carbons (Fsp3) is 0.0625. The maximum absolute atomic E-state index is 11.8. The van der Waals surface area contributed by atoms with Crippen LogP contribution in [0, 0.1) is 0 Å². The van der Waals surface area contributed by atoms with Gasteiger partial charge in [-0.05, 0) is 30.7 Å². The molecule has 0 aliphatic heterocycles. The fourth-order valence-electron chi connectivity index (χ4n) is 1.53. The number of allylic oxidation sites excluding steroid dienone is 1. The number of nitrogens with zero attached hydrogens (tertiary/aromatic N) is 2. The molecule has 0 saturated heterocycles. The normalized spacial score (nSPS) is 11.6. The molecule has 0 aliphatic rings. The first-order chi connectivity index (χ1) is 9.75. The quantitative estimate of drug-likeness (QED) is 0.682. The molecule has 0 saturated carbocycles. The van der Waals surface area contributed by atoms with Crippen molar-refractivity contribution < 1.29 is 4.79 Å². The predicted molar refractivity (Wildman–Crippen MR) is 80.3 cm³/mol. The van der Waals surface area contributed by atoms with Crippen LogP contribution in [0.4, 0.5) is 0 Å². The lowest BCUT2D eigenvalue weighted by molar-refractivity contribution is 0.0954. The van der Waals surface area contributed by atoms with Gasteiger partial charge in [0.1, 0.15) is 0 Å². The van der Waals surface area contributed by atoms with Crippen LogP contribution in [0.15, 0.2) is 66.0 Å². The van der Waals surface area contributed by atoms with Gasteiger partial charge in [-0.25, -0.2) is 5.43 Å². The van der Waals surface area contributed by atoms with Crippen molar-refractivity contribution in [2.75, 3.05) is 0 Å². The molecule has 0 atom stereocenters. The van der Waals surface area contributed by atoms with E-state index in [9.17, 15) is 4.79 Å². The number of pyridine rings is 1. The summed E-state index contributed by atoms with van der Waals surface area (Å²) in [5, 5.41) is 4.03. The van der Waals surface area contributed by atoms with Crippen molar-refractivity contribution >= 4 is 17.7 Å². The number of amides is 1. The second-order valence-corrected chi connectivity index (χ2v) is 4.17. The molecule has 0 bridgehead atoms. The van der Waals surface area contributed by atoms with Crippen molar-refractivity contribution in [2.45, 2.75) is 6.92 Å². The highest BCUT2D eigenvalue weighted by atomic mass is 16.2. The van der Waals surface area contributed by atoms with Gasteiger partial charge in [0.2, 0.25) is 0 Å². The van der Waals surface area contributed by atoms with Crippen LogP contribution in [0.2, 0.25) is 0 Å². The maximum Gasteiger partial charge on any atom is 0.271 e. The molecular formula is C16H15N3O. The van der Waals surface area contributed by atoms with Crippen LogP contribution in [-0.4, -0.2) is 16.6 Å². The second kappa shape index (κ2) is 6.99. The lowest BCUT2D eigenvalue weighted by atomic mass is 10.2. The minimum atomic E-state index is -0.250. The van der Waals surface area contributed by atoms with Crippen molar-refractivity contribution in [3.8, 4) is 0 Å². The third-order valence-electron chi connectivity index (χ3n) is 2.59. The molecule has 1 aromatic heterocycles. The SMILES string of the molecule is CC(/C=C\c1ccccc1)=NNC(=O)c1ccncc1. The number of benzene rings is 1. The highest BCUT2D eigenvalue weighted by Crippen LogP contribution is 2.01. The van der Waals surface area contributed by atoms with Crippen LogP contribution in [0.25, 0.3) is 6.08 Å². The third kappa shape index (κ3) is 4.17. The van der Waals surface area contributed by atoms with Gasteiger partial charge in [-0.15, -0.1) is 0 Å². The molecule has 0 aliphatic carbocycles. The van der Waals surface area contributed by atoms with E-state index in [4.69, 9.17) is 0 Å². The Morgan fingerprint density at radius 3 is 2.55 bits per heavy atom. The zero-order valence-corrected chi connectivity index (χ0v) is 11.2. The van der Waals surface area contributed by atoms with E-state index in [1.54, 1.807) is 24.5 Å². The van der Waals surface area contributed by atoms with E-state index in [-0.39, 0.29) is 5.91 Å². The van der Waals surface area contributed by atoms with Crippen molar-refractivity contribution in [1.29, 1.82) is 0 Å². The molecule has 4 heteroatoms. The standard InChI is InChI=1S/C16H15N3O/c1-13(7-8-14-5-3-2-4-6-14)18-19-16(20)15-9-11-17-12-10-15/h2-12H,1H3,(H,19,20)/b8-7-,18-13?. The van der Waals surface area contributed by atoms with Crippen molar-refractivity contribution in [3.63, 3.8) is 0 Å². The van der Waals surface area contributed by atoms with Gasteiger partial charge in [-0.2, -0.15) is 5.10 Å². The summed E-state index contributed by atoms with van der Waals surface area (Å²) in [7, 11) is 0. The first kappa shape index (κ1) is 13.7. The number of hydrogen-bond donors (Lipinski definition) is 1. The molecule has 100 valence electrons. The molecule has 20 heavy (non-hydrogen) atoms. The topological polar surface area (TPSA) is 54.4 Å². The number of carbonyl (C=O) groups is 1. The Labute approximate surface area is 117 Å². The van der Waals surface area contributed by atoms with Gasteiger partial charge in [-0.1, -0.05) is 36.4 Å². The highest BCUT2D eigenvalue weighted by Gasteiger charge is 2.02. The van der Waals surface area contributed by atoms with Crippen LogP contribution in [0.3, 0.4) is 0 Å². The van der Waals surface area contributed by atoms with Crippen LogP contribution < -0.4 is 5.43 Å². The lowest BCUT2D eigenvalue weighted by Gasteiger charge is -1.99. The fourth-order valence-corrected chi connectivity index (χ4v) is 1.53. The number of rotatable bonds is 4. The number of hydrazone groups is 1. The largest absolute Gasteiger partial charge is 0.271 e. The Morgan fingerprint density at radius 2 is 1.85 bits per heavy atom. The first-order valence-corrected chi connectivity index (χ1v) is 6.23. The Bertz CT molecular complexity index is 619. The minimum Gasteiger partial charge on any atom is -0.267 e. The molecule has 2 aromatic rings. The highest BCUT2D eigenvalue weighted by molar-refractivity contribution is 5.99. The summed E-state index contributed by atoms with van der Waals surface area (Å²) in [5.41, 5.74) is 4.84. The molecule has 1 aromatic carbocycles. The van der Waals surface area contributed by atoms with Gasteiger partial charge in [0.25, 0.3) is 5.91 Å². The Kier molecular flexibility index (Phi) is 4.78. The molecule has 1 heterocycles. The smallest absolute Gasteiger partial charge is 0.267 e. The molecule has 2 rings (SSSR count). The predicted octanol–water partition coefficient (Wildman–Crippen LogP) is 2.90. The molecular weight excluding hydrogens is 250 g/mol. The van der Waals surface area contributed by atoms with E-state index in [0.717, 1.165) is 11.3 Å². The number of aromatic nitrogens is 1. The Balaban J connectivity index is 1.95. The second-order valence-electron chi connectivity index (χ2n) is 4.17. The van der Waals surface area contributed by atoms with Gasteiger partial charge in [0.05, 0.1) is 5.71 Å². The average molecular weight is 265 g/mol. The molecule has 0 spiro atoms. The van der Waals surface area contributed by atoms with Gasteiger partial charge in [0.15, 0.2) is 0 Å². The molecule has 1 N–H and O–H groups in total. The minimum absolute atomic E-state index is 0.250. The van der Waals surface area contributed by atoms with Crippen LogP contribution >= 0.6 is 0 Å². The van der Waals surface area contributed by atoms with E-state index in [0.29, 0.717) is 5.56 Å². The summed E-state index contributed by atoms with van der Waals surface area (Å²) < 4.78 is 0. The summed E-state index contributed by atoms with van der Waals surface area (Å²) >= 11 is 0. The molecule has 4 nitrogen and oxygen atoms in total. The van der Waals surface area contributed by atoms with Gasteiger partial charge in [-0.3, -0.25) is 9.78 Å². The number of hydrogen-bond acceptors (Lipinski definition) is 3. The monoisotopic (exact) mass is 265 g/mol. The molecule has 0 fully saturated rings.